The topological polar surface area (TPSA) is 111 Å². The molecule has 4 N–H and O–H groups in total. The predicted octanol–water partition coefficient (Wildman–Crippen LogP) is 2.38. The maximum atomic E-state index is 12.6. The molecule has 1 amide bonds. The van der Waals surface area contributed by atoms with E-state index >= 15 is 0 Å². The lowest BCUT2D eigenvalue weighted by Gasteiger charge is -2.33. The Hall–Kier alpha value is -1.80. The number of carbonyl (C=O) groups is 1. The van der Waals surface area contributed by atoms with Gasteiger partial charge in [-0.25, -0.2) is 17.9 Å². The van der Waals surface area contributed by atoms with Crippen LogP contribution in [0.15, 0.2) is 29.2 Å². The zero-order valence-corrected chi connectivity index (χ0v) is 15.7. The number of hydrogen-bond donors (Lipinski definition) is 3. The third-order valence-electron chi connectivity index (χ3n) is 3.97. The first-order valence-electron chi connectivity index (χ1n) is 8.44. The quantitative estimate of drug-likeness (QED) is 0.706. The number of alkyl carbamates (subject to hydrolysis) is 1. The first kappa shape index (κ1) is 19.5. The smallest absolute Gasteiger partial charge is 0.407 e. The van der Waals surface area contributed by atoms with Crippen LogP contribution >= 0.6 is 0 Å². The van der Waals surface area contributed by atoms with E-state index in [1.165, 1.54) is 12.1 Å². The molecule has 0 aromatic heterocycles. The fourth-order valence-electron chi connectivity index (χ4n) is 2.82. The van der Waals surface area contributed by atoms with Gasteiger partial charge >= 0.3 is 6.09 Å². The number of nitrogens with two attached hydrogens (primary N) is 1. The Kier molecular flexibility index (Phi) is 5.95. The summed E-state index contributed by atoms with van der Waals surface area (Å²) in [6.45, 7) is 5.36. The minimum absolute atomic E-state index is 0.156. The van der Waals surface area contributed by atoms with Crippen LogP contribution in [0.4, 0.5) is 10.5 Å². The number of benzene rings is 1. The molecule has 7 nitrogen and oxygen atoms in total. The summed E-state index contributed by atoms with van der Waals surface area (Å²) >= 11 is 0. The number of ether oxygens (including phenoxy) is 1. The first-order valence-corrected chi connectivity index (χ1v) is 9.92. The SMILES string of the molecule is CC(C)(C)OC(=O)N[C@@H]1CCCC[C@H]1NS(=O)(=O)c1ccc(N)cc1. The average molecular weight is 369 g/mol. The molecule has 0 saturated heterocycles. The molecule has 2 atom stereocenters. The third-order valence-corrected chi connectivity index (χ3v) is 5.47. The van der Waals surface area contributed by atoms with Gasteiger partial charge < -0.3 is 15.8 Å². The Morgan fingerprint density at radius 3 is 2.24 bits per heavy atom. The molecule has 1 aromatic rings. The van der Waals surface area contributed by atoms with Crippen LogP contribution in [0.5, 0.6) is 0 Å². The summed E-state index contributed by atoms with van der Waals surface area (Å²) in [5, 5.41) is 2.80. The second kappa shape index (κ2) is 7.61. The maximum Gasteiger partial charge on any atom is 0.407 e. The summed E-state index contributed by atoms with van der Waals surface area (Å²) in [4.78, 5) is 12.2. The Morgan fingerprint density at radius 1 is 1.12 bits per heavy atom. The van der Waals surface area contributed by atoms with E-state index in [9.17, 15) is 13.2 Å². The molecule has 0 heterocycles. The molecular weight excluding hydrogens is 342 g/mol. The number of nitrogen functional groups attached to an aromatic ring is 1. The van der Waals surface area contributed by atoms with Crippen LogP contribution in [-0.4, -0.2) is 32.2 Å². The van der Waals surface area contributed by atoms with Crippen molar-refractivity contribution in [2.24, 2.45) is 0 Å². The molecule has 0 spiro atoms. The standard InChI is InChI=1S/C17H27N3O4S/c1-17(2,3)24-16(21)19-14-6-4-5-7-15(14)20-25(22,23)13-10-8-12(18)9-11-13/h8-11,14-15,20H,4-7,18H2,1-3H3,(H,19,21)/t14-,15-/m1/s1. The highest BCUT2D eigenvalue weighted by Crippen LogP contribution is 2.22. The lowest BCUT2D eigenvalue weighted by Crippen LogP contribution is -2.53. The van der Waals surface area contributed by atoms with Crippen LogP contribution in [0, 0.1) is 0 Å². The Morgan fingerprint density at radius 2 is 1.68 bits per heavy atom. The molecule has 8 heteroatoms. The van der Waals surface area contributed by atoms with Gasteiger partial charge in [-0.2, -0.15) is 0 Å². The lowest BCUT2D eigenvalue weighted by atomic mass is 9.91. The van der Waals surface area contributed by atoms with Gasteiger partial charge in [0, 0.05) is 17.8 Å². The van der Waals surface area contributed by atoms with Crippen LogP contribution in [0.3, 0.4) is 0 Å². The summed E-state index contributed by atoms with van der Waals surface area (Å²) in [6.07, 6.45) is 2.67. The van der Waals surface area contributed by atoms with Crippen molar-refractivity contribution in [3.8, 4) is 0 Å². The van der Waals surface area contributed by atoms with Crippen LogP contribution < -0.4 is 15.8 Å². The summed E-state index contributed by atoms with van der Waals surface area (Å²) in [5.74, 6) is 0. The number of nitrogens with one attached hydrogen (secondary N) is 2. The lowest BCUT2D eigenvalue weighted by molar-refractivity contribution is 0.0483. The summed E-state index contributed by atoms with van der Waals surface area (Å²) in [7, 11) is -3.68. The molecule has 140 valence electrons. The van der Waals surface area contributed by atoms with Gasteiger partial charge in [-0.05, 0) is 57.9 Å². The van der Waals surface area contributed by atoms with Crippen molar-refractivity contribution in [2.45, 2.75) is 69.0 Å². The molecule has 0 unspecified atom stereocenters. The van der Waals surface area contributed by atoms with Crippen LogP contribution in [0.25, 0.3) is 0 Å². The van der Waals surface area contributed by atoms with Crippen molar-refractivity contribution in [3.05, 3.63) is 24.3 Å². The molecule has 1 aromatic carbocycles. The molecule has 1 aliphatic carbocycles. The first-order chi connectivity index (χ1) is 11.6. The van der Waals surface area contributed by atoms with Crippen molar-refractivity contribution >= 4 is 21.8 Å². The zero-order valence-electron chi connectivity index (χ0n) is 14.9. The average Bonchev–Trinajstić information content (AvgIpc) is 2.47. The van der Waals surface area contributed by atoms with E-state index in [4.69, 9.17) is 10.5 Å². The van der Waals surface area contributed by atoms with E-state index in [0.29, 0.717) is 18.5 Å². The molecule has 25 heavy (non-hydrogen) atoms. The fraction of sp³-hybridized carbons (Fsp3) is 0.588. The van der Waals surface area contributed by atoms with Gasteiger partial charge in [-0.1, -0.05) is 12.8 Å². The van der Waals surface area contributed by atoms with Crippen LogP contribution in [0.2, 0.25) is 0 Å². The summed E-state index contributed by atoms with van der Waals surface area (Å²) < 4.78 is 33.1. The van der Waals surface area contributed by atoms with E-state index < -0.39 is 21.7 Å². The van der Waals surface area contributed by atoms with Gasteiger partial charge in [0.1, 0.15) is 5.60 Å². The number of anilines is 1. The van der Waals surface area contributed by atoms with E-state index in [0.717, 1.165) is 12.8 Å². The number of sulfonamides is 1. The number of rotatable bonds is 4. The summed E-state index contributed by atoms with van der Waals surface area (Å²) in [5.41, 5.74) is 5.51. The Bertz CT molecular complexity index is 696. The highest BCUT2D eigenvalue weighted by molar-refractivity contribution is 7.89. The number of hydrogen-bond acceptors (Lipinski definition) is 5. The highest BCUT2D eigenvalue weighted by Gasteiger charge is 2.31. The number of carbonyl (C=O) groups excluding carboxylic acids is 1. The molecule has 1 saturated carbocycles. The third kappa shape index (κ3) is 5.89. The molecule has 0 radical (unpaired) electrons. The van der Waals surface area contributed by atoms with Crippen LogP contribution in [0.1, 0.15) is 46.5 Å². The monoisotopic (exact) mass is 369 g/mol. The minimum Gasteiger partial charge on any atom is -0.444 e. The van der Waals surface area contributed by atoms with Gasteiger partial charge in [-0.15, -0.1) is 0 Å². The van der Waals surface area contributed by atoms with E-state index in [1.807, 2.05) is 0 Å². The molecule has 2 rings (SSSR count). The van der Waals surface area contributed by atoms with Crippen molar-refractivity contribution in [3.63, 3.8) is 0 Å². The van der Waals surface area contributed by atoms with Gasteiger partial charge in [0.25, 0.3) is 0 Å². The Labute approximate surface area is 149 Å². The fourth-order valence-corrected chi connectivity index (χ4v) is 4.13. The number of amides is 1. The molecule has 1 aliphatic rings. The van der Waals surface area contributed by atoms with E-state index in [-0.39, 0.29) is 17.0 Å². The maximum absolute atomic E-state index is 12.6. The van der Waals surface area contributed by atoms with Gasteiger partial charge in [0.2, 0.25) is 10.0 Å². The van der Waals surface area contributed by atoms with E-state index in [1.54, 1.807) is 32.9 Å². The highest BCUT2D eigenvalue weighted by atomic mass is 32.2. The molecule has 0 bridgehead atoms. The van der Waals surface area contributed by atoms with Crippen molar-refractivity contribution in [1.82, 2.24) is 10.0 Å². The predicted molar refractivity (Wildman–Crippen MR) is 96.6 cm³/mol. The largest absolute Gasteiger partial charge is 0.444 e. The molecular formula is C17H27N3O4S. The van der Waals surface area contributed by atoms with Crippen molar-refractivity contribution in [2.75, 3.05) is 5.73 Å². The van der Waals surface area contributed by atoms with Gasteiger partial charge in [-0.3, -0.25) is 0 Å². The van der Waals surface area contributed by atoms with Crippen molar-refractivity contribution < 1.29 is 17.9 Å². The van der Waals surface area contributed by atoms with Gasteiger partial charge in [0.05, 0.1) is 4.90 Å². The Balaban J connectivity index is 2.07. The van der Waals surface area contributed by atoms with Crippen molar-refractivity contribution in [1.29, 1.82) is 0 Å². The summed E-state index contributed by atoms with van der Waals surface area (Å²) in [6, 6.07) is 5.36. The van der Waals surface area contributed by atoms with E-state index in [2.05, 4.69) is 10.0 Å². The zero-order chi connectivity index (χ0) is 18.7. The van der Waals surface area contributed by atoms with Gasteiger partial charge in [0.15, 0.2) is 0 Å². The van der Waals surface area contributed by atoms with Crippen LogP contribution in [-0.2, 0) is 14.8 Å². The second-order valence-corrected chi connectivity index (χ2v) is 9.05. The second-order valence-electron chi connectivity index (χ2n) is 7.33. The molecule has 1 fully saturated rings. The molecule has 0 aliphatic heterocycles. The normalized spacial score (nSPS) is 21.6. The minimum atomic E-state index is -3.68.